The zero-order valence-corrected chi connectivity index (χ0v) is 14.8. The molecular formula is C17H14BrClN4. The predicted octanol–water partition coefficient (Wildman–Crippen LogP) is 4.88. The van der Waals surface area contributed by atoms with Crippen molar-refractivity contribution in [3.8, 4) is 17.1 Å². The van der Waals surface area contributed by atoms with Crippen molar-refractivity contribution in [1.82, 2.24) is 14.8 Å². The second-order valence-electron chi connectivity index (χ2n) is 5.67. The molecule has 0 aliphatic carbocycles. The number of nitrogens with zero attached hydrogens (tertiary/aromatic N) is 3. The van der Waals surface area contributed by atoms with Crippen LogP contribution >= 0.6 is 27.5 Å². The SMILES string of the molecule is C[C@H]1CNc2cc(Cl)ccc2-n2c(-c3cccc(Br)c3)nnc21. The van der Waals surface area contributed by atoms with Gasteiger partial charge in [0.05, 0.1) is 11.4 Å². The summed E-state index contributed by atoms with van der Waals surface area (Å²) >= 11 is 9.68. The number of fused-ring (bicyclic) bond motifs is 3. The third-order valence-electron chi connectivity index (χ3n) is 4.01. The zero-order valence-electron chi connectivity index (χ0n) is 12.4. The van der Waals surface area contributed by atoms with Gasteiger partial charge in [-0.05, 0) is 30.3 Å². The molecular weight excluding hydrogens is 376 g/mol. The smallest absolute Gasteiger partial charge is 0.168 e. The van der Waals surface area contributed by atoms with E-state index >= 15 is 0 Å². The van der Waals surface area contributed by atoms with Crippen molar-refractivity contribution in [1.29, 1.82) is 0 Å². The van der Waals surface area contributed by atoms with Gasteiger partial charge >= 0.3 is 0 Å². The van der Waals surface area contributed by atoms with E-state index in [1.54, 1.807) is 0 Å². The molecule has 1 aliphatic rings. The highest BCUT2D eigenvalue weighted by molar-refractivity contribution is 9.10. The van der Waals surface area contributed by atoms with Crippen molar-refractivity contribution in [3.05, 3.63) is 57.8 Å². The lowest BCUT2D eigenvalue weighted by Gasteiger charge is -2.12. The summed E-state index contributed by atoms with van der Waals surface area (Å²) in [7, 11) is 0. The highest BCUT2D eigenvalue weighted by atomic mass is 79.9. The van der Waals surface area contributed by atoms with Gasteiger partial charge in [0, 0.05) is 27.5 Å². The molecule has 1 aliphatic heterocycles. The van der Waals surface area contributed by atoms with Gasteiger partial charge in [-0.3, -0.25) is 4.57 Å². The average molecular weight is 390 g/mol. The molecule has 1 atom stereocenters. The summed E-state index contributed by atoms with van der Waals surface area (Å²) in [6.45, 7) is 2.94. The first-order chi connectivity index (χ1) is 11.1. The maximum atomic E-state index is 6.16. The van der Waals surface area contributed by atoms with Gasteiger partial charge in [-0.2, -0.15) is 0 Å². The lowest BCUT2D eigenvalue weighted by atomic mass is 10.1. The minimum absolute atomic E-state index is 0.245. The van der Waals surface area contributed by atoms with E-state index in [2.05, 4.69) is 49.0 Å². The van der Waals surface area contributed by atoms with Crippen LogP contribution < -0.4 is 5.32 Å². The molecule has 0 radical (unpaired) electrons. The summed E-state index contributed by atoms with van der Waals surface area (Å²) < 4.78 is 3.14. The summed E-state index contributed by atoms with van der Waals surface area (Å²) in [4.78, 5) is 0. The lowest BCUT2D eigenvalue weighted by Crippen LogP contribution is -2.09. The molecule has 4 rings (SSSR count). The third-order valence-corrected chi connectivity index (χ3v) is 4.74. The van der Waals surface area contributed by atoms with Crippen LogP contribution in [0, 0.1) is 0 Å². The Kier molecular flexibility index (Phi) is 3.62. The minimum Gasteiger partial charge on any atom is -0.383 e. The Labute approximate surface area is 147 Å². The molecule has 2 heterocycles. The third kappa shape index (κ3) is 2.54. The average Bonchev–Trinajstić information content (AvgIpc) is 2.92. The van der Waals surface area contributed by atoms with Crippen LogP contribution in [0.5, 0.6) is 0 Å². The molecule has 3 aromatic rings. The van der Waals surface area contributed by atoms with Crippen molar-refractivity contribution >= 4 is 33.2 Å². The standard InChI is InChI=1S/C17H14BrClN4/c1-10-9-20-14-8-13(19)5-6-15(14)23-16(10)21-22-17(23)11-3-2-4-12(18)7-11/h2-8,10,20H,9H2,1H3/t10-/m0/s1. The molecule has 0 bridgehead atoms. The highest BCUT2D eigenvalue weighted by Gasteiger charge is 2.25. The number of hydrogen-bond acceptors (Lipinski definition) is 3. The molecule has 23 heavy (non-hydrogen) atoms. The van der Waals surface area contributed by atoms with Crippen LogP contribution in [-0.4, -0.2) is 21.3 Å². The number of nitrogens with one attached hydrogen (secondary N) is 1. The van der Waals surface area contributed by atoms with Gasteiger partial charge in [0.1, 0.15) is 5.82 Å². The summed E-state index contributed by atoms with van der Waals surface area (Å²) in [6.07, 6.45) is 0. The molecule has 0 saturated carbocycles. The number of aromatic nitrogens is 3. The van der Waals surface area contributed by atoms with Gasteiger partial charge in [-0.25, -0.2) is 0 Å². The number of hydrogen-bond donors (Lipinski definition) is 1. The first-order valence-electron chi connectivity index (χ1n) is 7.38. The van der Waals surface area contributed by atoms with Gasteiger partial charge in [0.2, 0.25) is 0 Å². The first-order valence-corrected chi connectivity index (χ1v) is 8.55. The van der Waals surface area contributed by atoms with Crippen LogP contribution in [0.1, 0.15) is 18.7 Å². The lowest BCUT2D eigenvalue weighted by molar-refractivity contribution is 0.725. The van der Waals surface area contributed by atoms with Gasteiger partial charge in [-0.1, -0.05) is 46.6 Å². The van der Waals surface area contributed by atoms with Crippen LogP contribution in [0.25, 0.3) is 17.1 Å². The molecule has 1 aromatic heterocycles. The van der Waals surface area contributed by atoms with E-state index in [-0.39, 0.29) is 5.92 Å². The second kappa shape index (κ2) is 5.65. The first kappa shape index (κ1) is 14.7. The Balaban J connectivity index is 1.99. The number of halogens is 2. The zero-order chi connectivity index (χ0) is 16.0. The van der Waals surface area contributed by atoms with Gasteiger partial charge in [0.25, 0.3) is 0 Å². The maximum absolute atomic E-state index is 6.16. The maximum Gasteiger partial charge on any atom is 0.168 e. The van der Waals surface area contributed by atoms with Crippen LogP contribution in [-0.2, 0) is 0 Å². The van der Waals surface area contributed by atoms with E-state index in [9.17, 15) is 0 Å². The predicted molar refractivity (Wildman–Crippen MR) is 96.4 cm³/mol. The van der Waals surface area contributed by atoms with E-state index in [4.69, 9.17) is 11.6 Å². The Hall–Kier alpha value is -1.85. The van der Waals surface area contributed by atoms with Crippen molar-refractivity contribution in [2.75, 3.05) is 11.9 Å². The topological polar surface area (TPSA) is 42.7 Å². The fraction of sp³-hybridized carbons (Fsp3) is 0.176. The fourth-order valence-corrected chi connectivity index (χ4v) is 3.44. The van der Waals surface area contributed by atoms with Crippen molar-refractivity contribution in [3.63, 3.8) is 0 Å². The summed E-state index contributed by atoms with van der Waals surface area (Å²) in [5.41, 5.74) is 3.04. The monoisotopic (exact) mass is 388 g/mol. The summed E-state index contributed by atoms with van der Waals surface area (Å²) in [5.74, 6) is 2.03. The van der Waals surface area contributed by atoms with Crippen LogP contribution in [0.3, 0.4) is 0 Å². The van der Waals surface area contributed by atoms with Gasteiger partial charge in [-0.15, -0.1) is 10.2 Å². The van der Waals surface area contributed by atoms with Crippen molar-refractivity contribution < 1.29 is 0 Å². The van der Waals surface area contributed by atoms with E-state index in [0.29, 0.717) is 5.02 Å². The molecule has 0 spiro atoms. The normalized spacial score (nSPS) is 16.2. The Morgan fingerprint density at radius 3 is 2.91 bits per heavy atom. The van der Waals surface area contributed by atoms with Gasteiger partial charge in [0.15, 0.2) is 5.82 Å². The minimum atomic E-state index is 0.245. The van der Waals surface area contributed by atoms with E-state index in [1.807, 2.05) is 36.4 Å². The molecule has 0 amide bonds. The molecule has 4 nitrogen and oxygen atoms in total. The fourth-order valence-electron chi connectivity index (χ4n) is 2.87. The van der Waals surface area contributed by atoms with E-state index < -0.39 is 0 Å². The molecule has 0 fully saturated rings. The van der Waals surface area contributed by atoms with Crippen LogP contribution in [0.15, 0.2) is 46.9 Å². The Morgan fingerprint density at radius 1 is 1.22 bits per heavy atom. The summed E-state index contributed by atoms with van der Waals surface area (Å²) in [5, 5.41) is 13.1. The Bertz CT molecular complexity index is 890. The van der Waals surface area contributed by atoms with Crippen molar-refractivity contribution in [2.45, 2.75) is 12.8 Å². The molecule has 1 N–H and O–H groups in total. The largest absolute Gasteiger partial charge is 0.383 e. The quantitative estimate of drug-likeness (QED) is 0.645. The summed E-state index contributed by atoms with van der Waals surface area (Å²) in [6, 6.07) is 14.0. The molecule has 2 aromatic carbocycles. The van der Waals surface area contributed by atoms with Gasteiger partial charge < -0.3 is 5.32 Å². The molecule has 0 unspecified atom stereocenters. The molecule has 116 valence electrons. The Morgan fingerprint density at radius 2 is 2.09 bits per heavy atom. The number of benzene rings is 2. The van der Waals surface area contributed by atoms with E-state index in [1.165, 1.54) is 0 Å². The van der Waals surface area contributed by atoms with E-state index in [0.717, 1.165) is 39.6 Å². The van der Waals surface area contributed by atoms with Crippen LogP contribution in [0.4, 0.5) is 5.69 Å². The number of anilines is 1. The van der Waals surface area contributed by atoms with Crippen molar-refractivity contribution in [2.24, 2.45) is 0 Å². The second-order valence-corrected chi connectivity index (χ2v) is 7.02. The molecule has 0 saturated heterocycles. The van der Waals surface area contributed by atoms with Crippen LogP contribution in [0.2, 0.25) is 5.02 Å². The number of rotatable bonds is 1. The molecule has 6 heteroatoms. The highest BCUT2D eigenvalue weighted by Crippen LogP contribution is 2.35.